The number of benzene rings is 1. The largest absolute Gasteiger partial charge is 0.481 e. The van der Waals surface area contributed by atoms with Gasteiger partial charge in [0.05, 0.1) is 0 Å². The molecule has 1 aromatic rings. The van der Waals surface area contributed by atoms with Crippen molar-refractivity contribution in [3.8, 4) is 5.75 Å². The first-order chi connectivity index (χ1) is 10.6. The maximum absolute atomic E-state index is 12.4. The van der Waals surface area contributed by atoms with Gasteiger partial charge in [-0.25, -0.2) is 0 Å². The van der Waals surface area contributed by atoms with Gasteiger partial charge in [0.2, 0.25) is 0 Å². The quantitative estimate of drug-likeness (QED) is 0.878. The van der Waals surface area contributed by atoms with E-state index in [4.69, 9.17) is 4.74 Å². The molecule has 0 aromatic heterocycles. The Labute approximate surface area is 133 Å². The van der Waals surface area contributed by atoms with Crippen LogP contribution in [0.3, 0.4) is 0 Å². The van der Waals surface area contributed by atoms with E-state index < -0.39 is 6.10 Å². The standard InChI is InChI=1S/C18H28N2O2/c1-4-14-6-8-16(9-7-14)22-17(5-2)18(21)19-15-10-12-20(3)13-11-15/h6-9,15,17H,4-5,10-13H2,1-3H3,(H,19,21)/t17-/m0/s1. The number of piperidine rings is 1. The van der Waals surface area contributed by atoms with E-state index >= 15 is 0 Å². The minimum atomic E-state index is -0.410. The molecule has 1 heterocycles. The fraction of sp³-hybridized carbons (Fsp3) is 0.611. The van der Waals surface area contributed by atoms with Gasteiger partial charge in [-0.3, -0.25) is 4.79 Å². The molecule has 2 rings (SSSR count). The van der Waals surface area contributed by atoms with Gasteiger partial charge in [-0.15, -0.1) is 0 Å². The van der Waals surface area contributed by atoms with Gasteiger partial charge in [-0.1, -0.05) is 26.0 Å². The lowest BCUT2D eigenvalue weighted by Gasteiger charge is -2.30. The number of nitrogens with one attached hydrogen (secondary N) is 1. The molecule has 1 aliphatic rings. The molecule has 1 fully saturated rings. The summed E-state index contributed by atoms with van der Waals surface area (Å²) in [5.41, 5.74) is 1.27. The molecule has 1 aromatic carbocycles. The fourth-order valence-corrected chi connectivity index (χ4v) is 2.74. The first-order valence-corrected chi connectivity index (χ1v) is 8.36. The second kappa shape index (κ2) is 8.18. The van der Waals surface area contributed by atoms with Crippen LogP contribution in [0, 0.1) is 0 Å². The number of aryl methyl sites for hydroxylation is 1. The monoisotopic (exact) mass is 304 g/mol. The Kier molecular flexibility index (Phi) is 6.25. The van der Waals surface area contributed by atoms with E-state index in [1.807, 2.05) is 19.1 Å². The van der Waals surface area contributed by atoms with E-state index in [0.717, 1.165) is 38.1 Å². The molecule has 0 unspecified atom stereocenters. The zero-order valence-corrected chi connectivity index (χ0v) is 14.0. The normalized spacial score (nSPS) is 18.0. The number of amides is 1. The summed E-state index contributed by atoms with van der Waals surface area (Å²) in [5, 5.41) is 3.14. The molecule has 1 aliphatic heterocycles. The van der Waals surface area contributed by atoms with Crippen LogP contribution in [0.15, 0.2) is 24.3 Å². The summed E-state index contributed by atoms with van der Waals surface area (Å²) >= 11 is 0. The summed E-state index contributed by atoms with van der Waals surface area (Å²) in [4.78, 5) is 14.7. The Bertz CT molecular complexity index is 464. The minimum absolute atomic E-state index is 0.0108. The van der Waals surface area contributed by atoms with Crippen LogP contribution in [0.4, 0.5) is 0 Å². The summed E-state index contributed by atoms with van der Waals surface area (Å²) in [6.07, 6.45) is 3.31. The second-order valence-corrected chi connectivity index (χ2v) is 6.10. The van der Waals surface area contributed by atoms with Crippen molar-refractivity contribution in [1.29, 1.82) is 0 Å². The molecule has 1 amide bonds. The average molecular weight is 304 g/mol. The number of hydrogen-bond acceptors (Lipinski definition) is 3. The smallest absolute Gasteiger partial charge is 0.261 e. The van der Waals surface area contributed by atoms with Gasteiger partial charge < -0.3 is 15.0 Å². The number of carbonyl (C=O) groups is 1. The van der Waals surface area contributed by atoms with Crippen molar-refractivity contribution >= 4 is 5.91 Å². The molecule has 4 nitrogen and oxygen atoms in total. The molecule has 4 heteroatoms. The van der Waals surface area contributed by atoms with Crippen molar-refractivity contribution in [3.63, 3.8) is 0 Å². The number of hydrogen-bond donors (Lipinski definition) is 1. The van der Waals surface area contributed by atoms with Gasteiger partial charge in [0.1, 0.15) is 5.75 Å². The fourth-order valence-electron chi connectivity index (χ4n) is 2.74. The molecular weight excluding hydrogens is 276 g/mol. The summed E-state index contributed by atoms with van der Waals surface area (Å²) in [6.45, 7) is 6.20. The Morgan fingerprint density at radius 3 is 2.45 bits per heavy atom. The van der Waals surface area contributed by atoms with Crippen molar-refractivity contribution in [1.82, 2.24) is 10.2 Å². The van der Waals surface area contributed by atoms with Crippen LogP contribution in [-0.2, 0) is 11.2 Å². The van der Waals surface area contributed by atoms with E-state index in [1.165, 1.54) is 5.56 Å². The predicted molar refractivity (Wildman–Crippen MR) is 89.2 cm³/mol. The van der Waals surface area contributed by atoms with Crippen LogP contribution < -0.4 is 10.1 Å². The molecule has 1 N–H and O–H groups in total. The molecule has 122 valence electrons. The molecule has 22 heavy (non-hydrogen) atoms. The summed E-state index contributed by atoms with van der Waals surface area (Å²) < 4.78 is 5.87. The zero-order chi connectivity index (χ0) is 15.9. The predicted octanol–water partition coefficient (Wildman–Crippen LogP) is 2.62. The summed E-state index contributed by atoms with van der Waals surface area (Å²) in [5.74, 6) is 0.777. The second-order valence-electron chi connectivity index (χ2n) is 6.10. The highest BCUT2D eigenvalue weighted by molar-refractivity contribution is 5.81. The minimum Gasteiger partial charge on any atom is -0.481 e. The first kappa shape index (κ1) is 16.8. The highest BCUT2D eigenvalue weighted by atomic mass is 16.5. The molecule has 1 atom stereocenters. The van der Waals surface area contributed by atoms with Crippen molar-refractivity contribution in [2.45, 2.75) is 51.7 Å². The van der Waals surface area contributed by atoms with Gasteiger partial charge in [0, 0.05) is 6.04 Å². The van der Waals surface area contributed by atoms with Crippen molar-refractivity contribution < 1.29 is 9.53 Å². The van der Waals surface area contributed by atoms with E-state index in [2.05, 4.69) is 36.3 Å². The lowest BCUT2D eigenvalue weighted by molar-refractivity contribution is -0.129. The number of likely N-dealkylation sites (tertiary alicyclic amines) is 1. The SMILES string of the molecule is CCc1ccc(O[C@@H](CC)C(=O)NC2CCN(C)CC2)cc1. The van der Waals surface area contributed by atoms with Crippen LogP contribution >= 0.6 is 0 Å². The van der Waals surface area contributed by atoms with E-state index in [1.54, 1.807) is 0 Å². The number of rotatable bonds is 6. The number of ether oxygens (including phenoxy) is 1. The maximum Gasteiger partial charge on any atom is 0.261 e. The zero-order valence-electron chi connectivity index (χ0n) is 14.0. The molecule has 1 saturated heterocycles. The molecule has 0 bridgehead atoms. The highest BCUT2D eigenvalue weighted by Gasteiger charge is 2.23. The third kappa shape index (κ3) is 4.73. The lowest BCUT2D eigenvalue weighted by atomic mass is 10.1. The molecule has 0 aliphatic carbocycles. The van der Waals surface area contributed by atoms with Crippen molar-refractivity contribution in [3.05, 3.63) is 29.8 Å². The average Bonchev–Trinajstić information content (AvgIpc) is 2.55. The van der Waals surface area contributed by atoms with Crippen LogP contribution in [0.1, 0.15) is 38.7 Å². The van der Waals surface area contributed by atoms with E-state index in [-0.39, 0.29) is 11.9 Å². The third-order valence-corrected chi connectivity index (χ3v) is 4.34. The van der Waals surface area contributed by atoms with Gasteiger partial charge in [-0.2, -0.15) is 0 Å². The summed E-state index contributed by atoms with van der Waals surface area (Å²) in [7, 11) is 2.12. The van der Waals surface area contributed by atoms with E-state index in [9.17, 15) is 4.79 Å². The topological polar surface area (TPSA) is 41.6 Å². The van der Waals surface area contributed by atoms with Gasteiger partial charge in [-0.05, 0) is 63.5 Å². The number of nitrogens with zero attached hydrogens (tertiary/aromatic N) is 1. The van der Waals surface area contributed by atoms with Crippen molar-refractivity contribution in [2.75, 3.05) is 20.1 Å². The number of carbonyl (C=O) groups excluding carboxylic acids is 1. The van der Waals surface area contributed by atoms with Crippen LogP contribution in [-0.4, -0.2) is 43.1 Å². The maximum atomic E-state index is 12.4. The Balaban J connectivity index is 1.88. The molecular formula is C18H28N2O2. The van der Waals surface area contributed by atoms with Gasteiger partial charge in [0.25, 0.3) is 5.91 Å². The summed E-state index contributed by atoms with van der Waals surface area (Å²) in [6, 6.07) is 8.28. The van der Waals surface area contributed by atoms with Gasteiger partial charge >= 0.3 is 0 Å². The van der Waals surface area contributed by atoms with Gasteiger partial charge in [0.15, 0.2) is 6.10 Å². The lowest BCUT2D eigenvalue weighted by Crippen LogP contribution is -2.47. The molecule has 0 spiro atoms. The van der Waals surface area contributed by atoms with Crippen molar-refractivity contribution in [2.24, 2.45) is 0 Å². The molecule has 0 saturated carbocycles. The Hall–Kier alpha value is -1.55. The first-order valence-electron chi connectivity index (χ1n) is 8.36. The Morgan fingerprint density at radius 1 is 1.27 bits per heavy atom. The van der Waals surface area contributed by atoms with Crippen LogP contribution in [0.25, 0.3) is 0 Å². The highest BCUT2D eigenvalue weighted by Crippen LogP contribution is 2.16. The van der Waals surface area contributed by atoms with Crippen LogP contribution in [0.5, 0.6) is 5.75 Å². The molecule has 0 radical (unpaired) electrons. The van der Waals surface area contributed by atoms with E-state index in [0.29, 0.717) is 6.42 Å². The third-order valence-electron chi connectivity index (χ3n) is 4.34. The Morgan fingerprint density at radius 2 is 1.91 bits per heavy atom. The van der Waals surface area contributed by atoms with Crippen LogP contribution in [0.2, 0.25) is 0 Å².